The van der Waals surface area contributed by atoms with Crippen LogP contribution in [0.3, 0.4) is 0 Å². The summed E-state index contributed by atoms with van der Waals surface area (Å²) >= 11 is 0. The fraction of sp³-hybridized carbons (Fsp3) is 0.938. The molecule has 18 heavy (non-hydrogen) atoms. The molecule has 1 heterocycles. The average Bonchev–Trinajstić information content (AvgIpc) is 2.32. The van der Waals surface area contributed by atoms with E-state index in [2.05, 4.69) is 33.8 Å². The number of ether oxygens (including phenoxy) is 1. The minimum atomic E-state index is 0.189. The summed E-state index contributed by atoms with van der Waals surface area (Å²) < 4.78 is 4.94. The Labute approximate surface area is 115 Å². The van der Waals surface area contributed by atoms with Crippen LogP contribution in [0.4, 0.5) is 0 Å². The van der Waals surface area contributed by atoms with E-state index in [9.17, 15) is 0 Å². The van der Waals surface area contributed by atoms with Crippen LogP contribution in [-0.2, 0) is 4.74 Å². The summed E-state index contributed by atoms with van der Waals surface area (Å²) in [6.45, 7) is 14.5. The molecule has 108 valence electrons. The summed E-state index contributed by atoms with van der Waals surface area (Å²) in [5.41, 5.74) is 0.189. The van der Waals surface area contributed by atoms with Gasteiger partial charge in [0.1, 0.15) is 0 Å². The van der Waals surface area contributed by atoms with Crippen molar-refractivity contribution in [2.75, 3.05) is 13.2 Å². The van der Waals surface area contributed by atoms with Gasteiger partial charge in [-0.15, -0.1) is 0 Å². The molecule has 0 amide bonds. The maximum atomic E-state index is 8.26. The number of nitriles is 1. The van der Waals surface area contributed by atoms with Gasteiger partial charge in [-0.1, -0.05) is 67.2 Å². The summed E-state index contributed by atoms with van der Waals surface area (Å²) in [6.07, 6.45) is 6.15. The number of nitrogens with zero attached hydrogens (tertiary/aromatic N) is 1. The third-order valence-electron chi connectivity index (χ3n) is 2.97. The molecule has 0 N–H and O–H groups in total. The van der Waals surface area contributed by atoms with Crippen LogP contribution in [0.2, 0.25) is 0 Å². The third kappa shape index (κ3) is 10.6. The van der Waals surface area contributed by atoms with Crippen molar-refractivity contribution < 1.29 is 4.74 Å². The lowest BCUT2D eigenvalue weighted by atomic mass is 9.86. The molecule has 1 aliphatic rings. The van der Waals surface area contributed by atoms with Gasteiger partial charge in [-0.2, -0.15) is 5.26 Å². The fourth-order valence-electron chi connectivity index (χ4n) is 1.87. The summed E-state index contributed by atoms with van der Waals surface area (Å²) in [7, 11) is 0. The van der Waals surface area contributed by atoms with Crippen molar-refractivity contribution in [3.05, 3.63) is 0 Å². The van der Waals surface area contributed by atoms with E-state index in [1.165, 1.54) is 25.7 Å². The largest absolute Gasteiger partial charge is 0.380 e. The molecule has 0 aromatic carbocycles. The molecule has 0 saturated carbocycles. The molecule has 1 saturated heterocycles. The zero-order valence-electron chi connectivity index (χ0n) is 13.4. The van der Waals surface area contributed by atoms with Crippen LogP contribution in [0, 0.1) is 22.7 Å². The molecule has 0 aromatic heterocycles. The molecule has 1 fully saturated rings. The molecule has 0 radical (unpaired) electrons. The van der Waals surface area contributed by atoms with Crippen LogP contribution in [0.25, 0.3) is 0 Å². The molecule has 1 rings (SSSR count). The van der Waals surface area contributed by atoms with Gasteiger partial charge in [0.15, 0.2) is 0 Å². The lowest BCUT2D eigenvalue weighted by Gasteiger charge is -2.35. The predicted octanol–water partition coefficient (Wildman–Crippen LogP) is 5.19. The van der Waals surface area contributed by atoms with Gasteiger partial charge >= 0.3 is 0 Å². The van der Waals surface area contributed by atoms with E-state index in [1.54, 1.807) is 0 Å². The first-order valence-corrected chi connectivity index (χ1v) is 7.52. The second kappa shape index (κ2) is 12.9. The first kappa shape index (κ1) is 19.8. The molecular formula is C16H33NO. The van der Waals surface area contributed by atoms with Gasteiger partial charge in [0.05, 0.1) is 19.3 Å². The van der Waals surface area contributed by atoms with Crippen LogP contribution in [0.5, 0.6) is 0 Å². The maximum Gasteiger partial charge on any atom is 0.0629 e. The van der Waals surface area contributed by atoms with Gasteiger partial charge in [-0.3, -0.25) is 0 Å². The molecule has 0 aromatic rings. The van der Waals surface area contributed by atoms with Crippen LogP contribution in [-0.4, -0.2) is 13.2 Å². The highest BCUT2D eigenvalue weighted by atomic mass is 16.5. The zero-order chi connectivity index (χ0) is 14.4. The Morgan fingerprint density at radius 1 is 1.17 bits per heavy atom. The van der Waals surface area contributed by atoms with Crippen molar-refractivity contribution >= 4 is 0 Å². The van der Waals surface area contributed by atoms with Crippen molar-refractivity contribution in [3.63, 3.8) is 0 Å². The highest BCUT2D eigenvalue weighted by Crippen LogP contribution is 2.29. The van der Waals surface area contributed by atoms with Crippen molar-refractivity contribution in [3.8, 4) is 6.07 Å². The predicted molar refractivity (Wildman–Crippen MR) is 79.5 cm³/mol. The first-order valence-electron chi connectivity index (χ1n) is 7.52. The molecule has 0 aliphatic carbocycles. The second-order valence-electron chi connectivity index (χ2n) is 5.32. The minimum absolute atomic E-state index is 0.189. The molecule has 2 nitrogen and oxygen atoms in total. The maximum absolute atomic E-state index is 8.26. The van der Waals surface area contributed by atoms with Crippen LogP contribution >= 0.6 is 0 Å². The molecule has 1 aliphatic heterocycles. The zero-order valence-corrected chi connectivity index (χ0v) is 13.4. The number of hydrogen-bond acceptors (Lipinski definition) is 2. The van der Waals surface area contributed by atoms with Crippen LogP contribution in [0.1, 0.15) is 73.6 Å². The van der Waals surface area contributed by atoms with Crippen LogP contribution in [0.15, 0.2) is 0 Å². The van der Waals surface area contributed by atoms with Gasteiger partial charge in [0.25, 0.3) is 0 Å². The molecule has 2 heteroatoms. The van der Waals surface area contributed by atoms with Crippen molar-refractivity contribution in [2.24, 2.45) is 11.3 Å². The molecular weight excluding hydrogens is 222 g/mol. The van der Waals surface area contributed by atoms with E-state index >= 15 is 0 Å². The quantitative estimate of drug-likeness (QED) is 0.677. The van der Waals surface area contributed by atoms with E-state index in [1.807, 2.05) is 13.8 Å². The normalized spacial score (nSPS) is 15.4. The Morgan fingerprint density at radius 3 is 1.78 bits per heavy atom. The van der Waals surface area contributed by atoms with Gasteiger partial charge in [0.2, 0.25) is 0 Å². The molecule has 0 unspecified atom stereocenters. The van der Waals surface area contributed by atoms with Crippen molar-refractivity contribution in [1.29, 1.82) is 5.26 Å². The Kier molecular flexibility index (Phi) is 14.2. The summed E-state index contributed by atoms with van der Waals surface area (Å²) in [5.74, 6) is 0.963. The monoisotopic (exact) mass is 255 g/mol. The van der Waals surface area contributed by atoms with E-state index in [0.29, 0.717) is 6.42 Å². The van der Waals surface area contributed by atoms with Crippen LogP contribution < -0.4 is 0 Å². The highest BCUT2D eigenvalue weighted by Gasteiger charge is 2.32. The lowest BCUT2D eigenvalue weighted by Crippen LogP contribution is -2.39. The Hall–Kier alpha value is -0.550. The van der Waals surface area contributed by atoms with Gasteiger partial charge in [-0.05, 0) is 5.92 Å². The fourth-order valence-corrected chi connectivity index (χ4v) is 1.87. The minimum Gasteiger partial charge on any atom is -0.380 e. The topological polar surface area (TPSA) is 33.0 Å². The Bertz CT molecular complexity index is 198. The van der Waals surface area contributed by atoms with Gasteiger partial charge in [0, 0.05) is 11.8 Å². The Morgan fingerprint density at radius 2 is 1.61 bits per heavy atom. The average molecular weight is 255 g/mol. The van der Waals surface area contributed by atoms with Gasteiger partial charge in [-0.25, -0.2) is 0 Å². The Balaban J connectivity index is 0. The van der Waals surface area contributed by atoms with E-state index < -0.39 is 0 Å². The smallest absolute Gasteiger partial charge is 0.0629 e. The summed E-state index contributed by atoms with van der Waals surface area (Å²) in [6, 6.07) is 2.13. The van der Waals surface area contributed by atoms with Gasteiger partial charge < -0.3 is 4.74 Å². The number of rotatable bonds is 5. The summed E-state index contributed by atoms with van der Waals surface area (Å²) in [5, 5.41) is 8.26. The molecule has 0 bridgehead atoms. The molecule has 0 atom stereocenters. The lowest BCUT2D eigenvalue weighted by molar-refractivity contribution is -0.0979. The standard InChI is InChI=1S/C8H18.C6H9NO.C2H6/c1-4-6-8(3)7-5-2;1-6(2-3-7)4-8-5-6;1-2/h8H,4-7H2,1-3H3;2,4-5H2,1H3;1-2H3. The summed E-state index contributed by atoms with van der Waals surface area (Å²) in [4.78, 5) is 0. The highest BCUT2D eigenvalue weighted by molar-refractivity contribution is 4.89. The van der Waals surface area contributed by atoms with E-state index in [-0.39, 0.29) is 5.41 Å². The molecule has 0 spiro atoms. The first-order chi connectivity index (χ1) is 8.58. The van der Waals surface area contributed by atoms with E-state index in [0.717, 1.165) is 19.1 Å². The van der Waals surface area contributed by atoms with Crippen molar-refractivity contribution in [1.82, 2.24) is 0 Å². The second-order valence-corrected chi connectivity index (χ2v) is 5.32. The number of hydrogen-bond donors (Lipinski definition) is 0. The van der Waals surface area contributed by atoms with E-state index in [4.69, 9.17) is 10.00 Å². The third-order valence-corrected chi connectivity index (χ3v) is 2.97. The SMILES string of the molecule is CC.CC1(CC#N)COC1.CCCC(C)CCC. The van der Waals surface area contributed by atoms with Crippen molar-refractivity contribution in [2.45, 2.75) is 73.6 Å².